The SMILES string of the molecule is O=C(CN1CCc2ccc(OC(F)F)cc2C1)N[C@H]1CCOc2ccccc21. The Bertz CT molecular complexity index is 859. The molecular weight excluding hydrogens is 366 g/mol. The fraction of sp³-hybridized carbons (Fsp3) is 0.381. The standard InChI is InChI=1S/C21H22F2N2O3/c22-21(23)28-16-6-5-14-7-9-25(12-15(14)11-16)13-20(26)24-18-8-10-27-19-4-2-1-3-17(18)19/h1-6,11,18,21H,7-10,12-13H2,(H,24,26)/t18-/m0/s1. The molecule has 0 fully saturated rings. The van der Waals surface area contributed by atoms with Gasteiger partial charge in [-0.1, -0.05) is 24.3 Å². The maximum atomic E-state index is 12.6. The Balaban J connectivity index is 1.37. The highest BCUT2D eigenvalue weighted by Gasteiger charge is 2.24. The first kappa shape index (κ1) is 18.7. The molecule has 2 heterocycles. The summed E-state index contributed by atoms with van der Waals surface area (Å²) >= 11 is 0. The molecule has 2 aromatic rings. The molecule has 0 unspecified atom stereocenters. The Kier molecular flexibility index (Phi) is 5.43. The smallest absolute Gasteiger partial charge is 0.387 e. The molecule has 0 aliphatic carbocycles. The zero-order valence-corrected chi connectivity index (χ0v) is 15.4. The van der Waals surface area contributed by atoms with Gasteiger partial charge in [-0.05, 0) is 35.7 Å². The summed E-state index contributed by atoms with van der Waals surface area (Å²) in [7, 11) is 0. The summed E-state index contributed by atoms with van der Waals surface area (Å²) < 4.78 is 35.0. The molecule has 7 heteroatoms. The van der Waals surface area contributed by atoms with Gasteiger partial charge in [0.05, 0.1) is 19.2 Å². The summed E-state index contributed by atoms with van der Waals surface area (Å²) in [5.74, 6) is 0.918. The maximum Gasteiger partial charge on any atom is 0.387 e. The molecule has 1 amide bonds. The fourth-order valence-corrected chi connectivity index (χ4v) is 3.84. The number of halogens is 2. The number of carbonyl (C=O) groups is 1. The van der Waals surface area contributed by atoms with E-state index >= 15 is 0 Å². The van der Waals surface area contributed by atoms with Gasteiger partial charge in [0.1, 0.15) is 11.5 Å². The Morgan fingerprint density at radius 1 is 1.25 bits per heavy atom. The second-order valence-corrected chi connectivity index (χ2v) is 7.06. The van der Waals surface area contributed by atoms with Crippen molar-refractivity contribution in [1.82, 2.24) is 10.2 Å². The number of nitrogens with zero attached hydrogens (tertiary/aromatic N) is 1. The molecule has 0 spiro atoms. The number of nitrogens with one attached hydrogen (secondary N) is 1. The zero-order chi connectivity index (χ0) is 19.5. The number of fused-ring (bicyclic) bond motifs is 2. The van der Waals surface area contributed by atoms with E-state index in [1.54, 1.807) is 12.1 Å². The highest BCUT2D eigenvalue weighted by molar-refractivity contribution is 5.78. The van der Waals surface area contributed by atoms with Gasteiger partial charge in [0.15, 0.2) is 0 Å². The van der Waals surface area contributed by atoms with Crippen LogP contribution in [0.15, 0.2) is 42.5 Å². The molecule has 0 saturated heterocycles. The fourth-order valence-electron chi connectivity index (χ4n) is 3.84. The Hall–Kier alpha value is -2.67. The molecule has 2 aromatic carbocycles. The van der Waals surface area contributed by atoms with Crippen LogP contribution in [0.2, 0.25) is 0 Å². The van der Waals surface area contributed by atoms with Crippen LogP contribution in [0.3, 0.4) is 0 Å². The van der Waals surface area contributed by atoms with Crippen molar-refractivity contribution in [1.29, 1.82) is 0 Å². The van der Waals surface area contributed by atoms with E-state index in [9.17, 15) is 13.6 Å². The molecule has 0 bridgehead atoms. The quantitative estimate of drug-likeness (QED) is 0.854. The first-order chi connectivity index (χ1) is 13.6. The van der Waals surface area contributed by atoms with Gasteiger partial charge >= 0.3 is 6.61 Å². The van der Waals surface area contributed by atoms with Crippen molar-refractivity contribution in [2.75, 3.05) is 19.7 Å². The summed E-state index contributed by atoms with van der Waals surface area (Å²) in [6, 6.07) is 12.7. The van der Waals surface area contributed by atoms with Crippen molar-refractivity contribution < 1.29 is 23.0 Å². The van der Waals surface area contributed by atoms with Gasteiger partial charge in [-0.3, -0.25) is 9.69 Å². The predicted molar refractivity (Wildman–Crippen MR) is 99.5 cm³/mol. The lowest BCUT2D eigenvalue weighted by molar-refractivity contribution is -0.123. The molecule has 0 aromatic heterocycles. The molecule has 2 aliphatic heterocycles. The molecule has 1 atom stereocenters. The lowest BCUT2D eigenvalue weighted by Crippen LogP contribution is -2.42. The molecule has 28 heavy (non-hydrogen) atoms. The third-order valence-corrected chi connectivity index (χ3v) is 5.16. The zero-order valence-electron chi connectivity index (χ0n) is 15.4. The summed E-state index contributed by atoms with van der Waals surface area (Å²) in [6.45, 7) is -0.719. The van der Waals surface area contributed by atoms with Crippen molar-refractivity contribution >= 4 is 5.91 Å². The molecule has 0 radical (unpaired) electrons. The number of amides is 1. The summed E-state index contributed by atoms with van der Waals surface area (Å²) in [5, 5.41) is 3.10. The van der Waals surface area contributed by atoms with E-state index in [1.165, 1.54) is 0 Å². The number of para-hydroxylation sites is 1. The minimum atomic E-state index is -2.84. The molecule has 2 aliphatic rings. The van der Waals surface area contributed by atoms with Gasteiger partial charge in [-0.15, -0.1) is 0 Å². The first-order valence-corrected chi connectivity index (χ1v) is 9.38. The molecule has 4 rings (SSSR count). The van der Waals surface area contributed by atoms with Crippen LogP contribution in [0.25, 0.3) is 0 Å². The van der Waals surface area contributed by atoms with Gasteiger partial charge in [0.25, 0.3) is 0 Å². The summed E-state index contributed by atoms with van der Waals surface area (Å²) in [5.41, 5.74) is 3.03. The second kappa shape index (κ2) is 8.14. The average Bonchev–Trinajstić information content (AvgIpc) is 2.67. The minimum absolute atomic E-state index is 0.0508. The van der Waals surface area contributed by atoms with Gasteiger partial charge in [-0.2, -0.15) is 8.78 Å². The van der Waals surface area contributed by atoms with Crippen LogP contribution >= 0.6 is 0 Å². The number of benzene rings is 2. The van der Waals surface area contributed by atoms with E-state index in [1.807, 2.05) is 35.2 Å². The van der Waals surface area contributed by atoms with Crippen LogP contribution in [-0.4, -0.2) is 37.1 Å². The van der Waals surface area contributed by atoms with E-state index in [-0.39, 0.29) is 24.2 Å². The second-order valence-electron chi connectivity index (χ2n) is 7.06. The average molecular weight is 388 g/mol. The van der Waals surface area contributed by atoms with Crippen LogP contribution in [0.4, 0.5) is 8.78 Å². The van der Waals surface area contributed by atoms with Gasteiger partial charge in [-0.25, -0.2) is 0 Å². The molecule has 5 nitrogen and oxygen atoms in total. The summed E-state index contributed by atoms with van der Waals surface area (Å²) in [6.07, 6.45) is 1.51. The van der Waals surface area contributed by atoms with E-state index in [2.05, 4.69) is 10.1 Å². The lowest BCUT2D eigenvalue weighted by Gasteiger charge is -2.30. The molecule has 1 N–H and O–H groups in total. The van der Waals surface area contributed by atoms with Crippen molar-refractivity contribution in [2.24, 2.45) is 0 Å². The third-order valence-electron chi connectivity index (χ3n) is 5.16. The summed E-state index contributed by atoms with van der Waals surface area (Å²) in [4.78, 5) is 14.6. The Morgan fingerprint density at radius 2 is 2.11 bits per heavy atom. The largest absolute Gasteiger partial charge is 0.493 e. The minimum Gasteiger partial charge on any atom is -0.493 e. The van der Waals surface area contributed by atoms with Crippen LogP contribution in [-0.2, 0) is 17.8 Å². The van der Waals surface area contributed by atoms with Crippen LogP contribution in [0.5, 0.6) is 11.5 Å². The Morgan fingerprint density at radius 3 is 2.96 bits per heavy atom. The lowest BCUT2D eigenvalue weighted by atomic mass is 9.99. The first-order valence-electron chi connectivity index (χ1n) is 9.38. The highest BCUT2D eigenvalue weighted by Crippen LogP contribution is 2.31. The molecule has 0 saturated carbocycles. The van der Waals surface area contributed by atoms with Crippen LogP contribution < -0.4 is 14.8 Å². The van der Waals surface area contributed by atoms with E-state index in [4.69, 9.17) is 4.74 Å². The number of alkyl halides is 2. The molecule has 148 valence electrons. The van der Waals surface area contributed by atoms with Crippen LogP contribution in [0, 0.1) is 0 Å². The van der Waals surface area contributed by atoms with Gasteiger partial charge < -0.3 is 14.8 Å². The topological polar surface area (TPSA) is 50.8 Å². The van der Waals surface area contributed by atoms with Crippen molar-refractivity contribution in [3.8, 4) is 11.5 Å². The monoisotopic (exact) mass is 388 g/mol. The number of carbonyl (C=O) groups excluding carboxylic acids is 1. The Labute approximate surface area is 162 Å². The van der Waals surface area contributed by atoms with Gasteiger partial charge in [0, 0.05) is 25.1 Å². The van der Waals surface area contributed by atoms with Crippen molar-refractivity contribution in [2.45, 2.75) is 32.0 Å². The van der Waals surface area contributed by atoms with E-state index < -0.39 is 6.61 Å². The van der Waals surface area contributed by atoms with Gasteiger partial charge in [0.2, 0.25) is 5.91 Å². The van der Waals surface area contributed by atoms with E-state index in [0.717, 1.165) is 41.8 Å². The normalized spacial score (nSPS) is 18.8. The number of rotatable bonds is 5. The highest BCUT2D eigenvalue weighted by atomic mass is 19.3. The predicted octanol–water partition coefficient (Wildman–Crippen LogP) is 3.29. The van der Waals surface area contributed by atoms with Crippen molar-refractivity contribution in [3.05, 3.63) is 59.2 Å². The maximum absolute atomic E-state index is 12.6. The number of ether oxygens (including phenoxy) is 2. The number of hydrogen-bond donors (Lipinski definition) is 1. The molecular formula is C21H22F2N2O3. The van der Waals surface area contributed by atoms with Crippen LogP contribution in [0.1, 0.15) is 29.2 Å². The van der Waals surface area contributed by atoms with E-state index in [0.29, 0.717) is 13.2 Å². The number of hydrogen-bond acceptors (Lipinski definition) is 4. The third kappa shape index (κ3) is 4.25. The van der Waals surface area contributed by atoms with Crippen molar-refractivity contribution in [3.63, 3.8) is 0 Å².